The van der Waals surface area contributed by atoms with Gasteiger partial charge >= 0.3 is 0 Å². The number of hydrogen-bond donors (Lipinski definition) is 0. The highest BCUT2D eigenvalue weighted by Gasteiger charge is 2.35. The van der Waals surface area contributed by atoms with Gasteiger partial charge in [0.25, 0.3) is 5.91 Å². The van der Waals surface area contributed by atoms with Crippen LogP contribution in [0.15, 0.2) is 0 Å². The summed E-state index contributed by atoms with van der Waals surface area (Å²) in [6, 6.07) is 0. The van der Waals surface area contributed by atoms with E-state index in [1.54, 1.807) is 0 Å². The minimum Gasteiger partial charge on any atom is -0.368 e. The molecule has 0 aromatic carbocycles. The Morgan fingerprint density at radius 2 is 2.06 bits per heavy atom. The smallest absolute Gasteiger partial charge is 0.251 e. The van der Waals surface area contributed by atoms with Crippen molar-refractivity contribution in [3.8, 4) is 0 Å². The van der Waals surface area contributed by atoms with Crippen molar-refractivity contribution < 1.29 is 13.9 Å². The fraction of sp³-hybridized carbons (Fsp3) is 0.917. The molecule has 2 heterocycles. The molecule has 0 aromatic rings. The van der Waals surface area contributed by atoms with Gasteiger partial charge in [-0.25, -0.2) is 0 Å². The molecule has 0 aliphatic carbocycles. The Bertz CT molecular complexity index is 251. The number of alkyl halides is 1. The van der Waals surface area contributed by atoms with Crippen LogP contribution < -0.4 is 0 Å². The van der Waals surface area contributed by atoms with E-state index in [9.17, 15) is 9.18 Å². The molecule has 3 nitrogen and oxygen atoms in total. The number of likely N-dealkylation sites (tertiary alicyclic amines) is 1. The Balaban J connectivity index is 1.86. The van der Waals surface area contributed by atoms with Crippen molar-refractivity contribution in [1.29, 1.82) is 0 Å². The van der Waals surface area contributed by atoms with Crippen LogP contribution in [-0.2, 0) is 9.53 Å². The lowest BCUT2D eigenvalue weighted by molar-refractivity contribution is -0.144. The summed E-state index contributed by atoms with van der Waals surface area (Å²) in [6.45, 7) is 3.89. The number of amides is 1. The first kappa shape index (κ1) is 11.8. The van der Waals surface area contributed by atoms with Crippen molar-refractivity contribution in [1.82, 2.24) is 4.90 Å². The van der Waals surface area contributed by atoms with Crippen LogP contribution in [0, 0.1) is 11.8 Å². The second-order valence-electron chi connectivity index (χ2n) is 4.98. The summed E-state index contributed by atoms with van der Waals surface area (Å²) < 4.78 is 17.9. The summed E-state index contributed by atoms with van der Waals surface area (Å²) in [5.74, 6) is 0.597. The van der Waals surface area contributed by atoms with Gasteiger partial charge < -0.3 is 9.64 Å². The first-order valence-electron chi connectivity index (χ1n) is 6.18. The molecule has 0 saturated carbocycles. The average molecular weight is 229 g/mol. The predicted octanol–water partition coefficient (Wildman–Crippen LogP) is 1.62. The molecule has 4 heteroatoms. The van der Waals surface area contributed by atoms with Crippen LogP contribution >= 0.6 is 0 Å². The lowest BCUT2D eigenvalue weighted by Gasteiger charge is -2.33. The van der Waals surface area contributed by atoms with Gasteiger partial charge in [-0.2, -0.15) is 0 Å². The van der Waals surface area contributed by atoms with Crippen molar-refractivity contribution in [3.63, 3.8) is 0 Å². The highest BCUT2D eigenvalue weighted by atomic mass is 19.1. The minimum absolute atomic E-state index is 0.113. The van der Waals surface area contributed by atoms with Gasteiger partial charge in [0.15, 0.2) is 0 Å². The second kappa shape index (κ2) is 5.13. The maximum Gasteiger partial charge on any atom is 0.251 e. The van der Waals surface area contributed by atoms with Gasteiger partial charge in [0, 0.05) is 19.7 Å². The second-order valence-corrected chi connectivity index (χ2v) is 4.98. The van der Waals surface area contributed by atoms with E-state index in [0.29, 0.717) is 25.6 Å². The quantitative estimate of drug-likeness (QED) is 0.720. The van der Waals surface area contributed by atoms with E-state index in [0.717, 1.165) is 19.3 Å². The monoisotopic (exact) mass is 229 g/mol. The van der Waals surface area contributed by atoms with E-state index in [4.69, 9.17) is 4.74 Å². The van der Waals surface area contributed by atoms with E-state index in [1.807, 2.05) is 4.90 Å². The van der Waals surface area contributed by atoms with Crippen LogP contribution in [0.25, 0.3) is 0 Å². The molecule has 0 radical (unpaired) electrons. The van der Waals surface area contributed by atoms with E-state index >= 15 is 0 Å². The predicted molar refractivity (Wildman–Crippen MR) is 58.8 cm³/mol. The summed E-state index contributed by atoms with van der Waals surface area (Å²) >= 11 is 0. The molecule has 16 heavy (non-hydrogen) atoms. The molecular weight excluding hydrogens is 209 g/mol. The third-order valence-electron chi connectivity index (χ3n) is 3.78. The molecule has 2 rings (SSSR count). The number of hydrogen-bond acceptors (Lipinski definition) is 2. The van der Waals surface area contributed by atoms with Crippen LogP contribution in [0.5, 0.6) is 0 Å². The average Bonchev–Trinajstić information content (AvgIpc) is 2.75. The highest BCUT2D eigenvalue weighted by molar-refractivity contribution is 5.81. The SMILES string of the molecule is C[C@@H]1CCO[C@@H]1C(=O)N1CCC(CF)CC1. The summed E-state index contributed by atoms with van der Waals surface area (Å²) in [7, 11) is 0. The molecule has 2 fully saturated rings. The van der Waals surface area contributed by atoms with E-state index in [2.05, 4.69) is 6.92 Å². The fourth-order valence-electron chi connectivity index (χ4n) is 2.50. The van der Waals surface area contributed by atoms with Gasteiger partial charge in [-0.15, -0.1) is 0 Å². The summed E-state index contributed by atoms with van der Waals surface area (Å²) in [5, 5.41) is 0. The zero-order valence-electron chi connectivity index (χ0n) is 9.82. The molecule has 1 amide bonds. The number of carbonyl (C=O) groups excluding carboxylic acids is 1. The van der Waals surface area contributed by atoms with Gasteiger partial charge in [0.05, 0.1) is 6.67 Å². The zero-order chi connectivity index (χ0) is 11.5. The lowest BCUT2D eigenvalue weighted by Crippen LogP contribution is -2.45. The third-order valence-corrected chi connectivity index (χ3v) is 3.78. The summed E-state index contributed by atoms with van der Waals surface area (Å²) in [5.41, 5.74) is 0. The van der Waals surface area contributed by atoms with E-state index in [-0.39, 0.29) is 24.6 Å². The third kappa shape index (κ3) is 2.37. The fourth-order valence-corrected chi connectivity index (χ4v) is 2.50. The number of ether oxygens (including phenoxy) is 1. The molecule has 0 bridgehead atoms. The molecule has 2 aliphatic heterocycles. The van der Waals surface area contributed by atoms with Crippen molar-refractivity contribution in [2.45, 2.75) is 32.3 Å². The van der Waals surface area contributed by atoms with Gasteiger partial charge in [0.2, 0.25) is 0 Å². The number of carbonyl (C=O) groups is 1. The Labute approximate surface area is 95.9 Å². The van der Waals surface area contributed by atoms with Crippen LogP contribution in [0.3, 0.4) is 0 Å². The van der Waals surface area contributed by atoms with Crippen LogP contribution in [0.2, 0.25) is 0 Å². The molecular formula is C12H20FNO2. The zero-order valence-corrected chi connectivity index (χ0v) is 9.82. The van der Waals surface area contributed by atoms with Crippen LogP contribution in [-0.4, -0.2) is 43.3 Å². The van der Waals surface area contributed by atoms with Crippen molar-refractivity contribution >= 4 is 5.91 Å². The summed E-state index contributed by atoms with van der Waals surface area (Å²) in [6.07, 6.45) is 2.31. The summed E-state index contributed by atoms with van der Waals surface area (Å²) in [4.78, 5) is 14.0. The number of rotatable bonds is 2. The maximum atomic E-state index is 12.4. The molecule has 0 unspecified atom stereocenters. The Morgan fingerprint density at radius 1 is 1.38 bits per heavy atom. The Hall–Kier alpha value is -0.640. The van der Waals surface area contributed by atoms with Gasteiger partial charge in [-0.05, 0) is 31.1 Å². The minimum atomic E-state index is -0.252. The first-order chi connectivity index (χ1) is 7.72. The van der Waals surface area contributed by atoms with Crippen molar-refractivity contribution in [2.75, 3.05) is 26.4 Å². The van der Waals surface area contributed by atoms with E-state index in [1.165, 1.54) is 0 Å². The number of piperidine rings is 1. The maximum absolute atomic E-state index is 12.4. The van der Waals surface area contributed by atoms with Gasteiger partial charge in [-0.1, -0.05) is 6.92 Å². The molecule has 2 atom stereocenters. The molecule has 2 saturated heterocycles. The number of halogens is 1. The lowest BCUT2D eigenvalue weighted by atomic mass is 9.96. The van der Waals surface area contributed by atoms with Crippen LogP contribution in [0.4, 0.5) is 4.39 Å². The van der Waals surface area contributed by atoms with Gasteiger partial charge in [0.1, 0.15) is 6.10 Å². The van der Waals surface area contributed by atoms with E-state index < -0.39 is 0 Å². The molecule has 0 N–H and O–H groups in total. The van der Waals surface area contributed by atoms with Gasteiger partial charge in [-0.3, -0.25) is 9.18 Å². The largest absolute Gasteiger partial charge is 0.368 e. The standard InChI is InChI=1S/C12H20FNO2/c1-9-4-7-16-11(9)12(15)14-5-2-10(8-13)3-6-14/h9-11H,2-8H2,1H3/t9-,11+/m1/s1. The Morgan fingerprint density at radius 3 is 2.56 bits per heavy atom. The molecule has 0 spiro atoms. The topological polar surface area (TPSA) is 29.5 Å². The first-order valence-corrected chi connectivity index (χ1v) is 6.18. The highest BCUT2D eigenvalue weighted by Crippen LogP contribution is 2.24. The van der Waals surface area contributed by atoms with Crippen LogP contribution in [0.1, 0.15) is 26.2 Å². The van der Waals surface area contributed by atoms with Crippen molar-refractivity contribution in [2.24, 2.45) is 11.8 Å². The normalized spacial score (nSPS) is 32.0. The molecule has 2 aliphatic rings. The van der Waals surface area contributed by atoms with Crippen molar-refractivity contribution in [3.05, 3.63) is 0 Å². The molecule has 0 aromatic heterocycles. The Kier molecular flexibility index (Phi) is 3.79. The molecule has 92 valence electrons. The number of nitrogens with zero attached hydrogens (tertiary/aromatic N) is 1.